The van der Waals surface area contributed by atoms with E-state index in [9.17, 15) is 14.0 Å². The Morgan fingerprint density at radius 1 is 1.21 bits per heavy atom. The molecule has 1 aliphatic rings. The van der Waals surface area contributed by atoms with Crippen LogP contribution in [0.1, 0.15) is 56.7 Å². The highest BCUT2D eigenvalue weighted by Gasteiger charge is 2.28. The maximum atomic E-state index is 14.2. The third-order valence-corrected chi connectivity index (χ3v) is 5.37. The van der Waals surface area contributed by atoms with E-state index < -0.39 is 11.7 Å². The van der Waals surface area contributed by atoms with E-state index in [2.05, 4.69) is 20.2 Å². The summed E-state index contributed by atoms with van der Waals surface area (Å²) in [6.45, 7) is 4.59. The normalized spacial score (nSPS) is 16.9. The lowest BCUT2D eigenvalue weighted by Crippen LogP contribution is -2.39. The number of halogens is 1. The summed E-state index contributed by atoms with van der Waals surface area (Å²) < 4.78 is 14.2. The Bertz CT molecular complexity index is 1130. The van der Waals surface area contributed by atoms with Gasteiger partial charge in [-0.3, -0.25) is 14.7 Å². The number of hydrogen-bond acceptors (Lipinski definition) is 5. The number of H-pyrrole nitrogens is 1. The molecule has 0 spiro atoms. The fourth-order valence-corrected chi connectivity index (χ4v) is 3.72. The maximum absolute atomic E-state index is 14.2. The summed E-state index contributed by atoms with van der Waals surface area (Å²) in [5.74, 6) is -1.42. The Labute approximate surface area is 166 Å². The zero-order valence-corrected chi connectivity index (χ0v) is 16.2. The summed E-state index contributed by atoms with van der Waals surface area (Å²) in [4.78, 5) is 35.1. The first-order chi connectivity index (χ1) is 13.8. The number of aromatic amines is 1. The van der Waals surface area contributed by atoms with Crippen LogP contribution in [-0.2, 0) is 0 Å². The van der Waals surface area contributed by atoms with Gasteiger partial charge >= 0.3 is 0 Å². The van der Waals surface area contributed by atoms with Crippen LogP contribution in [-0.4, -0.2) is 50.0 Å². The number of nitrogens with two attached hydrogens (primary N) is 1. The molecule has 2 aromatic heterocycles. The number of nitrogens with one attached hydrogen (secondary N) is 1. The van der Waals surface area contributed by atoms with Crippen molar-refractivity contribution in [2.75, 3.05) is 13.1 Å². The van der Waals surface area contributed by atoms with Crippen molar-refractivity contribution in [3.63, 3.8) is 0 Å². The topological polar surface area (TPSA) is 118 Å². The Kier molecular flexibility index (Phi) is 4.73. The molecule has 1 aliphatic heterocycles. The fourth-order valence-electron chi connectivity index (χ4n) is 3.72. The van der Waals surface area contributed by atoms with E-state index in [4.69, 9.17) is 5.73 Å². The number of amides is 2. The number of primary amides is 1. The highest BCUT2D eigenvalue weighted by Crippen LogP contribution is 2.28. The molecule has 0 aliphatic carbocycles. The van der Waals surface area contributed by atoms with Crippen LogP contribution < -0.4 is 5.73 Å². The monoisotopic (exact) mass is 396 g/mol. The van der Waals surface area contributed by atoms with Crippen LogP contribution in [0.4, 0.5) is 4.39 Å². The lowest BCUT2D eigenvalue weighted by Gasteiger charge is -2.32. The van der Waals surface area contributed by atoms with Crippen LogP contribution in [0.25, 0.3) is 11.0 Å². The van der Waals surface area contributed by atoms with Crippen LogP contribution in [0.5, 0.6) is 0 Å². The van der Waals surface area contributed by atoms with Crippen LogP contribution >= 0.6 is 0 Å². The van der Waals surface area contributed by atoms with Gasteiger partial charge in [-0.25, -0.2) is 14.4 Å². The summed E-state index contributed by atoms with van der Waals surface area (Å²) in [5.41, 5.74) is 8.56. The number of hydrogen-bond donors (Lipinski definition) is 2. The first-order valence-corrected chi connectivity index (χ1v) is 9.42. The molecular weight excluding hydrogens is 375 g/mol. The standard InChI is InChI=1S/C20H21FN6O2/c1-10-11(2)24-18-14(6-13(21)7-16(18)23-10)20(29)27-5-3-4-12(9-27)15-8-17(19(22)28)26-25-15/h6-8,12H,3-5,9H2,1-2H3,(H2,22,28)(H,25,26). The molecule has 8 nitrogen and oxygen atoms in total. The van der Waals surface area contributed by atoms with Crippen molar-refractivity contribution in [2.45, 2.75) is 32.6 Å². The molecule has 3 N–H and O–H groups in total. The highest BCUT2D eigenvalue weighted by molar-refractivity contribution is 6.04. The van der Waals surface area contributed by atoms with Crippen molar-refractivity contribution in [1.82, 2.24) is 25.1 Å². The molecular formula is C20H21FN6O2. The van der Waals surface area contributed by atoms with E-state index in [1.165, 1.54) is 12.1 Å². The summed E-state index contributed by atoms with van der Waals surface area (Å²) in [6.07, 6.45) is 1.62. The van der Waals surface area contributed by atoms with Gasteiger partial charge in [0.2, 0.25) is 0 Å². The van der Waals surface area contributed by atoms with Crippen molar-refractivity contribution < 1.29 is 14.0 Å². The summed E-state index contributed by atoms with van der Waals surface area (Å²) in [5, 5.41) is 6.76. The van der Waals surface area contributed by atoms with E-state index >= 15 is 0 Å². The van der Waals surface area contributed by atoms with Gasteiger partial charge in [0.05, 0.1) is 22.5 Å². The summed E-state index contributed by atoms with van der Waals surface area (Å²) in [7, 11) is 0. The molecule has 1 atom stereocenters. The number of likely N-dealkylation sites (tertiary alicyclic amines) is 1. The zero-order chi connectivity index (χ0) is 20.7. The van der Waals surface area contributed by atoms with E-state index in [0.29, 0.717) is 35.5 Å². The second-order valence-electron chi connectivity index (χ2n) is 7.38. The van der Waals surface area contributed by atoms with Gasteiger partial charge in [-0.1, -0.05) is 0 Å². The quantitative estimate of drug-likeness (QED) is 0.704. The Hall–Kier alpha value is -3.36. The minimum Gasteiger partial charge on any atom is -0.364 e. The number of carbonyl (C=O) groups excluding carboxylic acids is 2. The van der Waals surface area contributed by atoms with Crippen LogP contribution in [0.3, 0.4) is 0 Å². The molecule has 29 heavy (non-hydrogen) atoms. The summed E-state index contributed by atoms with van der Waals surface area (Å²) in [6, 6.07) is 4.13. The number of nitrogens with zero attached hydrogens (tertiary/aromatic N) is 4. The number of fused-ring (bicyclic) bond motifs is 1. The van der Waals surface area contributed by atoms with Gasteiger partial charge in [0.15, 0.2) is 0 Å². The molecule has 1 fully saturated rings. The molecule has 0 radical (unpaired) electrons. The molecule has 3 heterocycles. The van der Waals surface area contributed by atoms with E-state index in [0.717, 1.165) is 18.5 Å². The summed E-state index contributed by atoms with van der Waals surface area (Å²) >= 11 is 0. The second kappa shape index (κ2) is 7.23. The average Bonchev–Trinajstić information content (AvgIpc) is 3.19. The largest absolute Gasteiger partial charge is 0.364 e. The molecule has 0 saturated carbocycles. The third kappa shape index (κ3) is 3.55. The van der Waals surface area contributed by atoms with E-state index in [1.807, 2.05) is 6.92 Å². The number of carbonyl (C=O) groups is 2. The predicted octanol–water partition coefficient (Wildman–Crippen LogP) is 2.23. The maximum Gasteiger partial charge on any atom is 0.269 e. The van der Waals surface area contributed by atoms with Gasteiger partial charge in [-0.15, -0.1) is 0 Å². The van der Waals surface area contributed by atoms with E-state index in [-0.39, 0.29) is 23.1 Å². The Balaban J connectivity index is 1.65. The molecule has 9 heteroatoms. The minimum absolute atomic E-state index is 0.0109. The van der Waals surface area contributed by atoms with Crippen molar-refractivity contribution >= 4 is 22.8 Å². The first-order valence-electron chi connectivity index (χ1n) is 9.42. The molecule has 0 bridgehead atoms. The molecule has 150 valence electrons. The second-order valence-corrected chi connectivity index (χ2v) is 7.38. The van der Waals surface area contributed by atoms with Crippen LogP contribution in [0.15, 0.2) is 18.2 Å². The Morgan fingerprint density at radius 3 is 2.69 bits per heavy atom. The molecule has 1 aromatic carbocycles. The molecule has 1 saturated heterocycles. The van der Waals surface area contributed by atoms with Gasteiger partial charge < -0.3 is 10.6 Å². The van der Waals surface area contributed by atoms with Crippen LogP contribution in [0.2, 0.25) is 0 Å². The van der Waals surface area contributed by atoms with Gasteiger partial charge in [0.1, 0.15) is 17.0 Å². The van der Waals surface area contributed by atoms with Crippen LogP contribution in [0, 0.1) is 19.7 Å². The van der Waals surface area contributed by atoms with Gasteiger partial charge in [0.25, 0.3) is 11.8 Å². The molecule has 4 rings (SSSR count). The Morgan fingerprint density at radius 2 is 1.97 bits per heavy atom. The van der Waals surface area contributed by atoms with Gasteiger partial charge in [-0.05, 0) is 38.8 Å². The third-order valence-electron chi connectivity index (χ3n) is 5.37. The average molecular weight is 396 g/mol. The number of piperidine rings is 1. The number of rotatable bonds is 3. The molecule has 3 aromatic rings. The lowest BCUT2D eigenvalue weighted by atomic mass is 9.94. The fraction of sp³-hybridized carbons (Fsp3) is 0.350. The van der Waals surface area contributed by atoms with Gasteiger partial charge in [-0.2, -0.15) is 5.10 Å². The van der Waals surface area contributed by atoms with Gasteiger partial charge in [0, 0.05) is 30.8 Å². The number of aromatic nitrogens is 4. The lowest BCUT2D eigenvalue weighted by molar-refractivity contribution is 0.0707. The molecule has 1 unspecified atom stereocenters. The van der Waals surface area contributed by atoms with Crippen molar-refractivity contribution in [1.29, 1.82) is 0 Å². The van der Waals surface area contributed by atoms with Crippen molar-refractivity contribution in [2.24, 2.45) is 5.73 Å². The predicted molar refractivity (Wildman–Crippen MR) is 104 cm³/mol. The number of benzene rings is 1. The van der Waals surface area contributed by atoms with E-state index in [1.54, 1.807) is 17.9 Å². The SMILES string of the molecule is Cc1nc2cc(F)cc(C(=O)N3CCCC(c4cc(C(N)=O)n[nH]4)C3)c2nc1C. The highest BCUT2D eigenvalue weighted by atomic mass is 19.1. The first kappa shape index (κ1) is 19.0. The zero-order valence-electron chi connectivity index (χ0n) is 16.2. The van der Waals surface area contributed by atoms with Crippen molar-refractivity contribution in [3.05, 3.63) is 52.4 Å². The minimum atomic E-state index is -0.605. The number of aryl methyl sites for hydroxylation is 2. The molecule has 2 amide bonds. The smallest absolute Gasteiger partial charge is 0.269 e. The van der Waals surface area contributed by atoms with Crippen molar-refractivity contribution in [3.8, 4) is 0 Å².